The van der Waals surface area contributed by atoms with Crippen molar-refractivity contribution >= 4 is 58.1 Å². The zero-order chi connectivity index (χ0) is 3.58. The monoisotopic (exact) mass is 307 g/mol. The van der Waals surface area contributed by atoms with Crippen LogP contribution >= 0.6 is 0 Å². The van der Waals surface area contributed by atoms with E-state index in [4.69, 9.17) is 14.1 Å². The molecular formula is H4BaO3SiY. The Morgan fingerprint density at radius 1 is 1.33 bits per heavy atom. The first kappa shape index (κ1) is 15.7. The van der Waals surface area contributed by atoms with Crippen LogP contribution < -0.4 is 0 Å². The summed E-state index contributed by atoms with van der Waals surface area (Å²) < 4.78 is 8.74. The Morgan fingerprint density at radius 3 is 1.33 bits per heavy atom. The molecule has 0 unspecified atom stereocenters. The van der Waals surface area contributed by atoms with Gasteiger partial charge in [0.05, 0.1) is 0 Å². The van der Waals surface area contributed by atoms with Crippen molar-refractivity contribution in [2.75, 3.05) is 0 Å². The summed E-state index contributed by atoms with van der Waals surface area (Å²) in [5, 5.41) is 0. The third-order valence-electron chi connectivity index (χ3n) is 0. The van der Waals surface area contributed by atoms with Gasteiger partial charge in [0.15, 0.2) is 0 Å². The molecule has 0 heterocycles. The van der Waals surface area contributed by atoms with Crippen LogP contribution in [0.3, 0.4) is 0 Å². The van der Waals surface area contributed by atoms with E-state index in [1.165, 1.54) is 0 Å². The molecule has 0 bridgehead atoms. The van der Waals surface area contributed by atoms with E-state index in [1.54, 1.807) is 0 Å². The number of hydrogen-bond donors (Lipinski definition) is 2. The molecule has 0 amide bonds. The summed E-state index contributed by atoms with van der Waals surface area (Å²) in [4.78, 5) is 14.3. The van der Waals surface area contributed by atoms with Crippen LogP contribution in [0.1, 0.15) is 0 Å². The average Bonchev–Trinajstić information content (AvgIpc) is 0.811. The minimum absolute atomic E-state index is 0. The molecule has 0 aromatic heterocycles. The predicted molar refractivity (Wildman–Crippen MR) is 19.4 cm³/mol. The van der Waals surface area contributed by atoms with Gasteiger partial charge in [0.25, 0.3) is 0 Å². The van der Waals surface area contributed by atoms with Gasteiger partial charge < -0.3 is 9.59 Å². The molecule has 0 saturated carbocycles. The molecule has 1 radical (unpaired) electrons. The van der Waals surface area contributed by atoms with Crippen LogP contribution in [0, 0.1) is 0 Å². The average molecular weight is 306 g/mol. The van der Waals surface area contributed by atoms with Crippen molar-refractivity contribution in [3.05, 3.63) is 0 Å². The maximum atomic E-state index is 8.74. The number of rotatable bonds is 0. The van der Waals surface area contributed by atoms with Gasteiger partial charge in [0.1, 0.15) is 0 Å². The van der Waals surface area contributed by atoms with Gasteiger partial charge in [-0.2, -0.15) is 0 Å². The minimum Gasteiger partial charge on any atom is 0 e. The summed E-state index contributed by atoms with van der Waals surface area (Å²) in [7, 11) is -3.13. The first-order valence-corrected chi connectivity index (χ1v) is 1.95. The Balaban J connectivity index is -0.0000000450. The van der Waals surface area contributed by atoms with Crippen molar-refractivity contribution in [2.45, 2.75) is 0 Å². The van der Waals surface area contributed by atoms with Crippen LogP contribution in [0.2, 0.25) is 0 Å². The van der Waals surface area contributed by atoms with Gasteiger partial charge in [0.2, 0.25) is 0 Å². The van der Waals surface area contributed by atoms with Crippen LogP contribution in [-0.2, 0) is 37.2 Å². The van der Waals surface area contributed by atoms with E-state index in [-0.39, 0.29) is 81.6 Å². The standard InChI is InChI=1S/Ba.H2O3Si.Y.2H/c;1-4(2)3;;;/h;1-2H;;;. The second-order valence-electron chi connectivity index (χ2n) is 0.283. The van der Waals surface area contributed by atoms with E-state index in [1.807, 2.05) is 0 Å². The maximum absolute atomic E-state index is 8.74. The Kier molecular flexibility index (Phi) is 27.0. The SMILES string of the molecule is O=[Si](O)O.[BaH2].[Y]. The minimum atomic E-state index is -3.13. The Morgan fingerprint density at radius 2 is 1.33 bits per heavy atom. The smallest absolute Gasteiger partial charge is 0 e. The fourth-order valence-electron chi connectivity index (χ4n) is 0. The molecule has 0 aliphatic carbocycles. The van der Waals surface area contributed by atoms with E-state index in [9.17, 15) is 0 Å². The van der Waals surface area contributed by atoms with E-state index in [0.29, 0.717) is 0 Å². The molecule has 0 atom stereocenters. The zero-order valence-electron chi connectivity index (χ0n) is 2.38. The van der Waals surface area contributed by atoms with Gasteiger partial charge in [-0.3, -0.25) is 4.46 Å². The van der Waals surface area contributed by atoms with Gasteiger partial charge in [0, 0.05) is 32.7 Å². The van der Waals surface area contributed by atoms with Crippen molar-refractivity contribution in [3.63, 3.8) is 0 Å². The van der Waals surface area contributed by atoms with Crippen LogP contribution in [0.25, 0.3) is 0 Å². The maximum Gasteiger partial charge on any atom is 0 e. The molecular weight excluding hydrogens is 302 g/mol. The molecule has 31 valence electrons. The fraction of sp³-hybridized carbons (Fsp3) is 0. The quantitative estimate of drug-likeness (QED) is 0.485. The largest absolute Gasteiger partial charge is 0 e. The molecule has 0 saturated heterocycles. The summed E-state index contributed by atoms with van der Waals surface area (Å²) in [6, 6.07) is 0. The second-order valence-corrected chi connectivity index (χ2v) is 0.848. The normalized spacial score (nSPS) is 4.00. The number of hydrogen-bond acceptors (Lipinski definition) is 1. The van der Waals surface area contributed by atoms with Crippen LogP contribution in [-0.4, -0.2) is 67.6 Å². The Labute approximate surface area is 102 Å². The molecule has 0 fully saturated rings. The van der Waals surface area contributed by atoms with E-state index in [2.05, 4.69) is 0 Å². The van der Waals surface area contributed by atoms with Crippen molar-refractivity contribution in [3.8, 4) is 0 Å². The first-order valence-electron chi connectivity index (χ1n) is 0.651. The topological polar surface area (TPSA) is 57.5 Å². The van der Waals surface area contributed by atoms with Gasteiger partial charge in [-0.05, 0) is 0 Å². The predicted octanol–water partition coefficient (Wildman–Crippen LogP) is -2.53. The second kappa shape index (κ2) is 10.3. The third kappa shape index (κ3) is 33.5. The van der Waals surface area contributed by atoms with Crippen LogP contribution in [0.4, 0.5) is 0 Å². The van der Waals surface area contributed by atoms with Crippen LogP contribution in [0.5, 0.6) is 0 Å². The zero-order valence-corrected chi connectivity index (χ0v) is 6.22. The summed E-state index contributed by atoms with van der Waals surface area (Å²) >= 11 is 0. The molecule has 0 aliphatic heterocycles. The van der Waals surface area contributed by atoms with E-state index < -0.39 is 9.17 Å². The molecule has 0 aliphatic rings. The van der Waals surface area contributed by atoms with Gasteiger partial charge in [-0.1, -0.05) is 0 Å². The van der Waals surface area contributed by atoms with Gasteiger partial charge in [-0.15, -0.1) is 0 Å². The van der Waals surface area contributed by atoms with Gasteiger partial charge in [-0.25, -0.2) is 0 Å². The molecule has 6 heavy (non-hydrogen) atoms. The fourth-order valence-corrected chi connectivity index (χ4v) is 0. The molecule has 3 nitrogen and oxygen atoms in total. The summed E-state index contributed by atoms with van der Waals surface area (Å²) in [5.41, 5.74) is 0. The Hall–Kier alpha value is 2.29. The summed E-state index contributed by atoms with van der Waals surface area (Å²) in [6.45, 7) is 0. The first-order chi connectivity index (χ1) is 1.73. The van der Waals surface area contributed by atoms with E-state index in [0.717, 1.165) is 0 Å². The molecule has 0 aromatic rings. The molecule has 0 aromatic carbocycles. The third-order valence-corrected chi connectivity index (χ3v) is 0. The van der Waals surface area contributed by atoms with Crippen molar-refractivity contribution in [1.82, 2.24) is 0 Å². The summed E-state index contributed by atoms with van der Waals surface area (Å²) in [5.74, 6) is 0. The molecule has 6 heteroatoms. The van der Waals surface area contributed by atoms with Crippen molar-refractivity contribution in [1.29, 1.82) is 0 Å². The van der Waals surface area contributed by atoms with E-state index >= 15 is 0 Å². The summed E-state index contributed by atoms with van der Waals surface area (Å²) in [6.07, 6.45) is 0. The Bertz CT molecular complexity index is 33.8. The van der Waals surface area contributed by atoms with Crippen molar-refractivity contribution < 1.29 is 46.8 Å². The van der Waals surface area contributed by atoms with Gasteiger partial charge >= 0.3 is 58.1 Å². The van der Waals surface area contributed by atoms with Crippen LogP contribution in [0.15, 0.2) is 0 Å². The molecule has 0 rings (SSSR count). The van der Waals surface area contributed by atoms with Crippen molar-refractivity contribution in [2.24, 2.45) is 0 Å². The molecule has 2 N–H and O–H groups in total. The molecule has 0 spiro atoms.